The molecule has 2 aromatic heterocycles. The van der Waals surface area contributed by atoms with Gasteiger partial charge in [-0.25, -0.2) is 0 Å². The lowest BCUT2D eigenvalue weighted by atomic mass is 9.33. The number of hydrogen-bond donors (Lipinski definition) is 0. The maximum atomic E-state index is 2.67. The molecule has 80 heavy (non-hydrogen) atoms. The predicted octanol–water partition coefficient (Wildman–Crippen LogP) is 18.8. The molecule has 0 aliphatic carbocycles. The zero-order valence-corrected chi connectivity index (χ0v) is 48.5. The van der Waals surface area contributed by atoms with Crippen molar-refractivity contribution in [2.24, 2.45) is 0 Å². The predicted molar refractivity (Wildman–Crippen MR) is 347 cm³/mol. The molecular formula is C76H70BN3. The van der Waals surface area contributed by atoms with Crippen LogP contribution < -0.4 is 21.3 Å². The lowest BCUT2D eigenvalue weighted by molar-refractivity contribution is 0.590. The monoisotopic (exact) mass is 1040 g/mol. The summed E-state index contributed by atoms with van der Waals surface area (Å²) < 4.78 is 5.24. The second kappa shape index (κ2) is 17.6. The van der Waals surface area contributed by atoms with Crippen molar-refractivity contribution in [3.63, 3.8) is 0 Å². The van der Waals surface area contributed by atoms with Gasteiger partial charge in [0, 0.05) is 49.9 Å². The largest absolute Gasteiger partial charge is 0.311 e. The van der Waals surface area contributed by atoms with Crippen LogP contribution >= 0.6 is 0 Å². The summed E-state index contributed by atoms with van der Waals surface area (Å²) in [4.78, 5) is 2.65. The van der Waals surface area contributed by atoms with Gasteiger partial charge >= 0.3 is 0 Å². The summed E-state index contributed by atoms with van der Waals surface area (Å²) in [7, 11) is 0. The van der Waals surface area contributed by atoms with Gasteiger partial charge in [-0.1, -0.05) is 235 Å². The molecule has 0 fully saturated rings. The van der Waals surface area contributed by atoms with Crippen molar-refractivity contribution >= 4 is 105 Å². The minimum absolute atomic E-state index is 0.0373. The molecule has 0 bridgehead atoms. The summed E-state index contributed by atoms with van der Waals surface area (Å²) in [5, 5.41) is 9.91. The molecule has 10 aromatic carbocycles. The number of para-hydroxylation sites is 1. The zero-order valence-electron chi connectivity index (χ0n) is 48.5. The molecular weight excluding hydrogens is 966 g/mol. The molecule has 0 unspecified atom stereocenters. The number of benzene rings is 10. The van der Waals surface area contributed by atoms with Gasteiger partial charge in [-0.15, -0.1) is 0 Å². The summed E-state index contributed by atoms with van der Waals surface area (Å²) >= 11 is 0. The van der Waals surface area contributed by atoms with E-state index in [2.05, 4.69) is 303 Å². The highest BCUT2D eigenvalue weighted by atomic mass is 15.2. The third kappa shape index (κ3) is 7.69. The minimum Gasteiger partial charge on any atom is -0.311 e. The van der Waals surface area contributed by atoms with Gasteiger partial charge < -0.3 is 14.0 Å². The van der Waals surface area contributed by atoms with Crippen LogP contribution in [0.5, 0.6) is 0 Å². The van der Waals surface area contributed by atoms with Gasteiger partial charge in [-0.05, 0) is 142 Å². The Morgan fingerprint density at radius 3 is 1.34 bits per heavy atom. The summed E-state index contributed by atoms with van der Waals surface area (Å²) in [6.07, 6.45) is 0. The third-order valence-electron chi connectivity index (χ3n) is 17.8. The highest BCUT2D eigenvalue weighted by molar-refractivity contribution is 7.00. The first-order valence-electron chi connectivity index (χ1n) is 28.9. The van der Waals surface area contributed by atoms with Gasteiger partial charge in [0.2, 0.25) is 0 Å². The maximum Gasteiger partial charge on any atom is 0.252 e. The van der Waals surface area contributed by atoms with E-state index in [0.717, 1.165) is 11.4 Å². The Hall–Kier alpha value is -8.34. The number of anilines is 3. The first kappa shape index (κ1) is 49.9. The van der Waals surface area contributed by atoms with E-state index in [4.69, 9.17) is 0 Å². The average Bonchev–Trinajstić information content (AvgIpc) is 3.97. The van der Waals surface area contributed by atoms with E-state index < -0.39 is 0 Å². The topological polar surface area (TPSA) is 13.1 Å². The first-order valence-corrected chi connectivity index (χ1v) is 28.9. The molecule has 14 rings (SSSR count). The fourth-order valence-electron chi connectivity index (χ4n) is 13.4. The fraction of sp³-hybridized carbons (Fsp3) is 0.211. The molecule has 0 spiro atoms. The van der Waals surface area contributed by atoms with E-state index in [1.54, 1.807) is 0 Å². The van der Waals surface area contributed by atoms with Gasteiger partial charge in [0.25, 0.3) is 6.71 Å². The lowest BCUT2D eigenvalue weighted by Crippen LogP contribution is -2.60. The molecule has 0 saturated heterocycles. The van der Waals surface area contributed by atoms with Crippen LogP contribution in [0.15, 0.2) is 206 Å². The second-order valence-corrected chi connectivity index (χ2v) is 27.0. The van der Waals surface area contributed by atoms with Crippen molar-refractivity contribution in [1.82, 2.24) is 9.13 Å². The molecule has 4 heterocycles. The van der Waals surface area contributed by atoms with Crippen LogP contribution in [-0.4, -0.2) is 15.8 Å². The molecule has 4 heteroatoms. The van der Waals surface area contributed by atoms with Crippen LogP contribution in [0.25, 0.3) is 87.7 Å². The summed E-state index contributed by atoms with van der Waals surface area (Å²) in [5.74, 6) is 0. The van der Waals surface area contributed by atoms with E-state index in [0.29, 0.717) is 0 Å². The Kier molecular flexibility index (Phi) is 11.0. The highest BCUT2D eigenvalue weighted by Crippen LogP contribution is 2.48. The van der Waals surface area contributed by atoms with E-state index in [9.17, 15) is 0 Å². The summed E-state index contributed by atoms with van der Waals surface area (Å²) in [6.45, 7) is 27.9. The lowest BCUT2D eigenvalue weighted by Gasteiger charge is -2.42. The molecule has 0 N–H and O–H groups in total. The number of nitrogens with zero attached hydrogens (tertiary/aromatic N) is 3. The number of rotatable bonds is 3. The van der Waals surface area contributed by atoms with E-state index >= 15 is 0 Å². The number of fused-ring (bicyclic) bond motifs is 15. The Labute approximate surface area is 472 Å². The van der Waals surface area contributed by atoms with Crippen LogP contribution in [-0.2, 0) is 21.7 Å². The zero-order chi connectivity index (χ0) is 55.4. The van der Waals surface area contributed by atoms with Crippen LogP contribution in [0.2, 0.25) is 0 Å². The fourth-order valence-corrected chi connectivity index (χ4v) is 13.4. The number of hydrogen-bond acceptors (Lipinski definition) is 1. The highest BCUT2D eigenvalue weighted by Gasteiger charge is 2.43. The molecule has 3 nitrogen and oxygen atoms in total. The van der Waals surface area contributed by atoms with Crippen molar-refractivity contribution in [2.75, 3.05) is 4.90 Å². The van der Waals surface area contributed by atoms with Crippen LogP contribution in [0, 0.1) is 0 Å². The van der Waals surface area contributed by atoms with Gasteiger partial charge in [0.15, 0.2) is 0 Å². The van der Waals surface area contributed by atoms with Crippen molar-refractivity contribution in [2.45, 2.75) is 105 Å². The molecule has 2 aliphatic rings. The molecule has 12 aromatic rings. The van der Waals surface area contributed by atoms with Crippen molar-refractivity contribution in [3.05, 3.63) is 229 Å². The molecule has 392 valence electrons. The van der Waals surface area contributed by atoms with E-state index in [-0.39, 0.29) is 28.4 Å². The van der Waals surface area contributed by atoms with E-state index in [1.165, 1.54) is 132 Å². The SMILES string of the molecule is CC(C)(C)c1ccc(N2c3cc(-n4c5cc(C(C)(C)C)ccc5c5ccc(C(C)(C)C)cc54)ccc3B3c4ccc(C(C)(C)C)cc4-n4c5ccccc5c5ccccc5c5ccccc5c5ccc2c3c54)c(-c2ccccc2)c1. The van der Waals surface area contributed by atoms with Gasteiger partial charge in [0.05, 0.1) is 27.8 Å². The van der Waals surface area contributed by atoms with Crippen molar-refractivity contribution in [3.8, 4) is 22.5 Å². The van der Waals surface area contributed by atoms with Crippen LogP contribution in [0.3, 0.4) is 0 Å². The van der Waals surface area contributed by atoms with Gasteiger partial charge in [-0.3, -0.25) is 0 Å². The normalized spacial score (nSPS) is 13.4. The quantitative estimate of drug-likeness (QED) is 0.161. The first-order chi connectivity index (χ1) is 38.2. The maximum absolute atomic E-state index is 2.67. The number of aromatic nitrogens is 2. The smallest absolute Gasteiger partial charge is 0.252 e. The molecule has 2 aliphatic heterocycles. The molecule has 0 atom stereocenters. The molecule has 0 saturated carbocycles. The second-order valence-electron chi connectivity index (χ2n) is 27.0. The minimum atomic E-state index is -0.102. The Balaban J connectivity index is 1.19. The van der Waals surface area contributed by atoms with Crippen LogP contribution in [0.4, 0.5) is 17.1 Å². The van der Waals surface area contributed by atoms with Crippen molar-refractivity contribution < 1.29 is 0 Å². The molecule has 0 amide bonds. The van der Waals surface area contributed by atoms with Gasteiger partial charge in [0.1, 0.15) is 0 Å². The third-order valence-corrected chi connectivity index (χ3v) is 17.8. The molecule has 0 radical (unpaired) electrons. The van der Waals surface area contributed by atoms with Crippen molar-refractivity contribution in [1.29, 1.82) is 0 Å². The summed E-state index contributed by atoms with van der Waals surface area (Å²) in [5.41, 5.74) is 22.1. The standard InChI is InChI=1S/C76H70BN3/c1-73(2,3)48-33-40-65(61(42-48)47-22-14-13-15-23-47)79-66-41-37-60-56-27-19-17-25-54(56)53-24-16-18-26-55(53)57-28-20-21-29-64(57)80-69-45-51(76(10,11)12)32-38-62(69)77(71(66)72(60)80)63-39-34-52(46-70(63)79)78-67-43-49(74(4,5)6)30-35-58(67)59-36-31-50(44-68(59)78)75(7,8)9/h13-46H,1-12H3. The Morgan fingerprint density at radius 1 is 0.300 bits per heavy atom. The Morgan fingerprint density at radius 2 is 0.738 bits per heavy atom. The summed E-state index contributed by atoms with van der Waals surface area (Å²) in [6, 6.07) is 79.9. The van der Waals surface area contributed by atoms with Crippen LogP contribution in [0.1, 0.15) is 105 Å². The average molecular weight is 1040 g/mol. The van der Waals surface area contributed by atoms with Gasteiger partial charge in [-0.2, -0.15) is 0 Å². The van der Waals surface area contributed by atoms with E-state index in [1.807, 2.05) is 0 Å². The Bertz CT molecular complexity index is 4560.